The minimum Gasteiger partial charge on any atom is -0.457 e. The van der Waals surface area contributed by atoms with Crippen molar-refractivity contribution in [2.24, 2.45) is 5.16 Å². The molecule has 70 heavy (non-hydrogen) atoms. The number of carbonyl (C=O) groups excluding carboxylic acids is 4. The van der Waals surface area contributed by atoms with Gasteiger partial charge in [-0.2, -0.15) is 0 Å². The van der Waals surface area contributed by atoms with E-state index in [1.807, 2.05) is 159 Å². The molecule has 354 valence electrons. The lowest BCUT2D eigenvalue weighted by Gasteiger charge is -2.49. The molecule has 1 saturated heterocycles. The molecule has 1 fully saturated rings. The number of amides is 2. The van der Waals surface area contributed by atoms with Crippen molar-refractivity contribution in [3.63, 3.8) is 0 Å². The summed E-state index contributed by atoms with van der Waals surface area (Å²) in [6, 6.07) is 47.6. The molecule has 8 rings (SSSR count). The van der Waals surface area contributed by atoms with Crippen molar-refractivity contribution in [1.29, 1.82) is 0 Å². The Morgan fingerprint density at radius 3 is 1.90 bits per heavy atom. The van der Waals surface area contributed by atoms with Gasteiger partial charge in [0, 0.05) is 17.6 Å². The van der Waals surface area contributed by atoms with Crippen molar-refractivity contribution < 1.29 is 33.5 Å². The number of nitrogens with one attached hydrogen (secondary N) is 2. The van der Waals surface area contributed by atoms with Gasteiger partial charge in [-0.25, -0.2) is 14.6 Å². The van der Waals surface area contributed by atoms with Crippen molar-refractivity contribution in [2.75, 3.05) is 17.7 Å². The minimum absolute atomic E-state index is 0.0641. The standard InChI is InChI=1S/C56H51N5O7S2/c1-5-6-7-13-28-40-36-69-52-47(51(64)61(52)48(40)53(65)67-49(38-24-14-8-15-25-38)39-26-16-9-17-27-39)58-50(63)46(60-66-35-45(62)68-55(2,3)4)44-37-70-54(57-44)59-56(41-29-18-10-19-30-41,42-31-20-11-21-32-42)43-33-22-12-23-34-43/h8-34,37,47,49,52H,5,35-36H2,1-4H3,(H,57,59)(H,58,63)/b28-13-,60-46+/t47-,52-/m1/s1. The highest BCUT2D eigenvalue weighted by atomic mass is 32.2. The first-order valence-corrected chi connectivity index (χ1v) is 24.7. The third kappa shape index (κ3) is 11.1. The Balaban J connectivity index is 1.10. The normalized spacial score (nSPS) is 15.9. The fraction of sp³-hybridized carbons (Fsp3) is 0.214. The Hall–Kier alpha value is -7.73. The second kappa shape index (κ2) is 22.1. The number of allylic oxidation sites excluding steroid dienone is 2. The molecule has 2 aliphatic rings. The van der Waals surface area contributed by atoms with E-state index < -0.39 is 59.0 Å². The van der Waals surface area contributed by atoms with E-state index in [0.29, 0.717) is 22.9 Å². The predicted molar refractivity (Wildman–Crippen MR) is 273 cm³/mol. The van der Waals surface area contributed by atoms with E-state index in [1.165, 1.54) is 28.0 Å². The number of nitrogens with zero attached hydrogens (tertiary/aromatic N) is 3. The van der Waals surface area contributed by atoms with Crippen LogP contribution in [0.4, 0.5) is 5.13 Å². The van der Waals surface area contributed by atoms with E-state index in [9.17, 15) is 19.2 Å². The second-order valence-corrected chi connectivity index (χ2v) is 19.1. The lowest BCUT2D eigenvalue weighted by Crippen LogP contribution is -2.71. The van der Waals surface area contributed by atoms with Crippen molar-refractivity contribution >= 4 is 57.7 Å². The molecule has 0 unspecified atom stereocenters. The Morgan fingerprint density at radius 1 is 0.829 bits per heavy atom. The zero-order valence-electron chi connectivity index (χ0n) is 39.0. The summed E-state index contributed by atoms with van der Waals surface area (Å²) >= 11 is 2.62. The van der Waals surface area contributed by atoms with Crippen molar-refractivity contribution in [3.8, 4) is 11.8 Å². The second-order valence-electron chi connectivity index (χ2n) is 17.2. The molecule has 0 spiro atoms. The van der Waals surface area contributed by atoms with Crippen LogP contribution < -0.4 is 10.6 Å². The number of thioether (sulfide) groups is 1. The van der Waals surface area contributed by atoms with Gasteiger partial charge in [-0.05, 0) is 66.3 Å². The maximum Gasteiger partial charge on any atom is 0.356 e. The van der Waals surface area contributed by atoms with Gasteiger partial charge in [-0.15, -0.1) is 23.1 Å². The average Bonchev–Trinajstić information content (AvgIpc) is 3.84. The summed E-state index contributed by atoms with van der Waals surface area (Å²) in [5, 5.41) is 12.1. The summed E-state index contributed by atoms with van der Waals surface area (Å²) in [5.74, 6) is 3.56. The molecule has 2 N–H and O–H groups in total. The molecule has 12 nitrogen and oxygen atoms in total. The van der Waals surface area contributed by atoms with E-state index in [-0.39, 0.29) is 17.1 Å². The van der Waals surface area contributed by atoms with Crippen LogP contribution in [0.1, 0.15) is 73.7 Å². The molecule has 3 heterocycles. The fourth-order valence-electron chi connectivity index (χ4n) is 8.13. The van der Waals surface area contributed by atoms with E-state index in [1.54, 1.807) is 38.3 Å². The average molecular weight is 970 g/mol. The number of hydrogen-bond acceptors (Lipinski definition) is 12. The fourth-order valence-corrected chi connectivity index (χ4v) is 10.2. The van der Waals surface area contributed by atoms with Crippen LogP contribution in [0, 0.1) is 11.8 Å². The molecule has 0 aliphatic carbocycles. The topological polar surface area (TPSA) is 149 Å². The smallest absolute Gasteiger partial charge is 0.356 e. The Kier molecular flexibility index (Phi) is 15.4. The van der Waals surface area contributed by atoms with Gasteiger partial charge >= 0.3 is 11.9 Å². The van der Waals surface area contributed by atoms with E-state index in [0.717, 1.165) is 27.8 Å². The Bertz CT molecular complexity index is 2830. The highest BCUT2D eigenvalue weighted by Gasteiger charge is 2.55. The van der Waals surface area contributed by atoms with Crippen LogP contribution in [-0.2, 0) is 39.0 Å². The van der Waals surface area contributed by atoms with Gasteiger partial charge in [0.2, 0.25) is 6.61 Å². The molecule has 1 aromatic heterocycles. The van der Waals surface area contributed by atoms with Crippen LogP contribution >= 0.6 is 23.1 Å². The van der Waals surface area contributed by atoms with Crippen molar-refractivity contribution in [3.05, 3.63) is 214 Å². The highest BCUT2D eigenvalue weighted by Crippen LogP contribution is 2.43. The van der Waals surface area contributed by atoms with Gasteiger partial charge in [0.15, 0.2) is 16.9 Å². The molecule has 0 radical (unpaired) electrons. The van der Waals surface area contributed by atoms with Crippen LogP contribution in [0.15, 0.2) is 186 Å². The van der Waals surface area contributed by atoms with Gasteiger partial charge in [0.05, 0.1) is 0 Å². The molecule has 0 bridgehead atoms. The number of aromatic nitrogens is 1. The summed E-state index contributed by atoms with van der Waals surface area (Å²) in [6.45, 7) is 6.52. The molecular weight excluding hydrogens is 919 g/mol. The summed E-state index contributed by atoms with van der Waals surface area (Å²) in [5.41, 5.74) is 3.04. The summed E-state index contributed by atoms with van der Waals surface area (Å²) in [6.07, 6.45) is 3.25. The lowest BCUT2D eigenvalue weighted by molar-refractivity contribution is -0.160. The maximum atomic E-state index is 14.6. The Labute approximate surface area is 415 Å². The molecule has 2 aliphatic heterocycles. The molecular formula is C56H51N5O7S2. The Morgan fingerprint density at radius 2 is 1.37 bits per heavy atom. The number of esters is 2. The maximum absolute atomic E-state index is 14.6. The zero-order chi connectivity index (χ0) is 49.1. The van der Waals surface area contributed by atoms with Gasteiger partial charge in [-0.3, -0.25) is 14.5 Å². The van der Waals surface area contributed by atoms with Crippen LogP contribution in [0.5, 0.6) is 0 Å². The minimum atomic E-state index is -1.08. The van der Waals surface area contributed by atoms with Crippen LogP contribution in [0.25, 0.3) is 0 Å². The number of rotatable bonds is 16. The number of anilines is 1. The summed E-state index contributed by atoms with van der Waals surface area (Å²) < 4.78 is 11.7. The number of benzene rings is 5. The number of β-lactam (4-membered cyclic amide) rings is 1. The first-order chi connectivity index (χ1) is 34.0. The zero-order valence-corrected chi connectivity index (χ0v) is 40.7. The van der Waals surface area contributed by atoms with Gasteiger partial charge in [0.1, 0.15) is 33.9 Å². The molecule has 14 heteroatoms. The summed E-state index contributed by atoms with van der Waals surface area (Å²) in [7, 11) is 0. The SMILES string of the molecule is CCC#C/C=C\C1=C(C(=O)OC(c2ccccc2)c2ccccc2)N2C(=O)[C@@H](NC(=O)/C(=N/OCC(=O)OC(C)(C)C)c3csc(NC(c4ccccc4)(c4ccccc4)c4ccccc4)n3)[C@H]2SC1. The number of thiazole rings is 1. The highest BCUT2D eigenvalue weighted by molar-refractivity contribution is 8.00. The molecule has 6 aromatic rings. The third-order valence-electron chi connectivity index (χ3n) is 11.2. The number of ether oxygens (including phenoxy) is 2. The molecule has 2 atom stereocenters. The van der Waals surface area contributed by atoms with Crippen molar-refractivity contribution in [2.45, 2.75) is 62.8 Å². The van der Waals surface area contributed by atoms with Crippen LogP contribution in [0.2, 0.25) is 0 Å². The predicted octanol–water partition coefficient (Wildman–Crippen LogP) is 9.57. The molecule has 2 amide bonds. The quantitative estimate of drug-likeness (QED) is 0.0240. The van der Waals surface area contributed by atoms with Gasteiger partial charge < -0.3 is 24.9 Å². The van der Waals surface area contributed by atoms with Gasteiger partial charge in [-0.1, -0.05) is 176 Å². The van der Waals surface area contributed by atoms with Crippen LogP contribution in [0.3, 0.4) is 0 Å². The van der Waals surface area contributed by atoms with E-state index in [4.69, 9.17) is 19.3 Å². The number of hydrogen-bond donors (Lipinski definition) is 2. The summed E-state index contributed by atoms with van der Waals surface area (Å²) in [4.78, 5) is 68.0. The number of fused-ring (bicyclic) bond motifs is 1. The first-order valence-electron chi connectivity index (χ1n) is 22.7. The lowest BCUT2D eigenvalue weighted by atomic mass is 9.77. The van der Waals surface area contributed by atoms with Gasteiger partial charge in [0.25, 0.3) is 11.8 Å². The number of carbonyl (C=O) groups is 4. The van der Waals surface area contributed by atoms with Crippen molar-refractivity contribution in [1.82, 2.24) is 15.2 Å². The van der Waals surface area contributed by atoms with E-state index >= 15 is 0 Å². The third-order valence-corrected chi connectivity index (χ3v) is 13.2. The molecule has 0 saturated carbocycles. The largest absolute Gasteiger partial charge is 0.457 e. The van der Waals surface area contributed by atoms with Crippen LogP contribution in [-0.4, -0.2) is 68.7 Å². The molecule has 5 aromatic carbocycles. The first kappa shape index (κ1) is 48.7. The van der Waals surface area contributed by atoms with E-state index in [2.05, 4.69) is 27.6 Å². The monoisotopic (exact) mass is 969 g/mol. The number of oxime groups is 1.